The number of hydrogen-bond donors (Lipinski definition) is 0. The minimum Gasteiger partial charge on any atom is -0.463 e. The van der Waals surface area contributed by atoms with Gasteiger partial charge in [-0.15, -0.1) is 0 Å². The molecule has 0 atom stereocenters. The first-order chi connectivity index (χ1) is 10.8. The van der Waals surface area contributed by atoms with Crippen molar-refractivity contribution in [1.29, 1.82) is 0 Å². The zero-order valence-electron chi connectivity index (χ0n) is 12.6. The Kier molecular flexibility index (Phi) is 5.02. The maximum atomic E-state index is 13.9. The van der Waals surface area contributed by atoms with Crippen molar-refractivity contribution < 1.29 is 22.3 Å². The quantitative estimate of drug-likeness (QED) is 0.771. The van der Waals surface area contributed by atoms with E-state index >= 15 is 0 Å². The molecule has 0 N–H and O–H groups in total. The summed E-state index contributed by atoms with van der Waals surface area (Å²) in [6.45, 7) is 2.12. The number of aromatic nitrogens is 2. The average molecular weight is 329 g/mol. The Labute approximate surface area is 130 Å². The van der Waals surface area contributed by atoms with Gasteiger partial charge in [0.25, 0.3) is 0 Å². The molecular formula is C15H15F4N3O. The third-order valence-corrected chi connectivity index (χ3v) is 3.02. The number of nitrogens with zero attached hydrogens (tertiary/aromatic N) is 3. The van der Waals surface area contributed by atoms with Crippen molar-refractivity contribution in [3.63, 3.8) is 0 Å². The van der Waals surface area contributed by atoms with Crippen LogP contribution in [0, 0.1) is 5.82 Å². The van der Waals surface area contributed by atoms with E-state index in [2.05, 4.69) is 9.97 Å². The molecule has 0 unspecified atom stereocenters. The summed E-state index contributed by atoms with van der Waals surface area (Å²) in [7, 11) is 1.31. The lowest BCUT2D eigenvalue weighted by Gasteiger charge is -2.22. The molecule has 0 saturated carbocycles. The second kappa shape index (κ2) is 6.80. The van der Waals surface area contributed by atoms with Gasteiger partial charge in [0.1, 0.15) is 11.4 Å². The summed E-state index contributed by atoms with van der Waals surface area (Å²) < 4.78 is 58.5. The molecule has 0 bridgehead atoms. The van der Waals surface area contributed by atoms with Crippen LogP contribution in [-0.2, 0) is 6.18 Å². The van der Waals surface area contributed by atoms with Gasteiger partial charge in [-0.1, -0.05) is 19.1 Å². The molecular weight excluding hydrogens is 314 g/mol. The monoisotopic (exact) mass is 329 g/mol. The minimum atomic E-state index is -4.67. The van der Waals surface area contributed by atoms with Gasteiger partial charge in [-0.05, 0) is 18.6 Å². The van der Waals surface area contributed by atoms with Gasteiger partial charge in [-0.2, -0.15) is 18.2 Å². The molecule has 4 nitrogen and oxygen atoms in total. The Balaban J connectivity index is 2.50. The lowest BCUT2D eigenvalue weighted by Crippen LogP contribution is -2.20. The van der Waals surface area contributed by atoms with Crippen LogP contribution < -0.4 is 9.64 Å². The van der Waals surface area contributed by atoms with Gasteiger partial charge in [0.2, 0.25) is 0 Å². The standard InChI is InChI=1S/C15H15F4N3O/c1-3-8-23-14-20-9-10(15(17,18)19)13(21-14)22(2)12-7-5-4-6-11(12)16/h4-7,9H,3,8H2,1-2H3. The number of alkyl halides is 3. The van der Waals surface area contributed by atoms with Crippen LogP contribution in [-0.4, -0.2) is 23.6 Å². The van der Waals surface area contributed by atoms with Crippen molar-refractivity contribution >= 4 is 11.5 Å². The van der Waals surface area contributed by atoms with Crippen LogP contribution in [0.5, 0.6) is 6.01 Å². The summed E-state index contributed by atoms with van der Waals surface area (Å²) in [5, 5.41) is 0. The van der Waals surface area contributed by atoms with Gasteiger partial charge in [0.15, 0.2) is 5.82 Å². The maximum absolute atomic E-state index is 13.9. The Morgan fingerprint density at radius 1 is 1.22 bits per heavy atom. The van der Waals surface area contributed by atoms with Crippen molar-refractivity contribution in [2.45, 2.75) is 19.5 Å². The number of benzene rings is 1. The Morgan fingerprint density at radius 3 is 2.52 bits per heavy atom. The van der Waals surface area contributed by atoms with Crippen molar-refractivity contribution in [1.82, 2.24) is 9.97 Å². The van der Waals surface area contributed by atoms with Crippen LogP contribution in [0.15, 0.2) is 30.5 Å². The van der Waals surface area contributed by atoms with E-state index in [1.807, 2.05) is 6.92 Å². The maximum Gasteiger partial charge on any atom is 0.421 e. The van der Waals surface area contributed by atoms with E-state index in [1.54, 1.807) is 0 Å². The van der Waals surface area contributed by atoms with E-state index in [9.17, 15) is 17.6 Å². The molecule has 124 valence electrons. The Morgan fingerprint density at radius 2 is 1.91 bits per heavy atom. The molecule has 8 heteroatoms. The van der Waals surface area contributed by atoms with Gasteiger partial charge in [0.05, 0.1) is 12.3 Å². The molecule has 23 heavy (non-hydrogen) atoms. The van der Waals surface area contributed by atoms with Crippen molar-refractivity contribution in [3.05, 3.63) is 41.8 Å². The molecule has 1 heterocycles. The molecule has 1 aromatic carbocycles. The number of para-hydroxylation sites is 1. The van der Waals surface area contributed by atoms with E-state index in [0.29, 0.717) is 12.6 Å². The molecule has 0 aliphatic heterocycles. The van der Waals surface area contributed by atoms with E-state index in [-0.39, 0.29) is 18.3 Å². The van der Waals surface area contributed by atoms with Gasteiger partial charge < -0.3 is 9.64 Å². The topological polar surface area (TPSA) is 38.2 Å². The van der Waals surface area contributed by atoms with Crippen LogP contribution >= 0.6 is 0 Å². The number of hydrogen-bond acceptors (Lipinski definition) is 4. The van der Waals surface area contributed by atoms with E-state index in [4.69, 9.17) is 4.74 Å². The summed E-state index contributed by atoms with van der Waals surface area (Å²) in [4.78, 5) is 8.39. The van der Waals surface area contributed by atoms with Crippen LogP contribution in [0.1, 0.15) is 18.9 Å². The molecule has 2 rings (SSSR count). The third-order valence-electron chi connectivity index (χ3n) is 3.02. The zero-order valence-corrected chi connectivity index (χ0v) is 12.6. The number of anilines is 2. The molecule has 0 saturated heterocycles. The van der Waals surface area contributed by atoms with Gasteiger partial charge in [-0.25, -0.2) is 9.37 Å². The Hall–Kier alpha value is -2.38. The highest BCUT2D eigenvalue weighted by atomic mass is 19.4. The predicted octanol–water partition coefficient (Wildman–Crippen LogP) is 4.19. The first kappa shape index (κ1) is 17.0. The normalized spacial score (nSPS) is 11.4. The smallest absolute Gasteiger partial charge is 0.421 e. The fraction of sp³-hybridized carbons (Fsp3) is 0.333. The number of rotatable bonds is 5. The van der Waals surface area contributed by atoms with Crippen molar-refractivity contribution in [3.8, 4) is 6.01 Å². The summed E-state index contributed by atoms with van der Waals surface area (Å²) in [5.41, 5.74) is -1.09. The fourth-order valence-corrected chi connectivity index (χ4v) is 1.91. The van der Waals surface area contributed by atoms with Gasteiger partial charge in [-0.3, -0.25) is 0 Å². The fourth-order valence-electron chi connectivity index (χ4n) is 1.91. The molecule has 0 radical (unpaired) electrons. The van der Waals surface area contributed by atoms with Crippen LogP contribution in [0.3, 0.4) is 0 Å². The molecule has 0 aliphatic carbocycles. The van der Waals surface area contributed by atoms with Crippen LogP contribution in [0.4, 0.5) is 29.1 Å². The van der Waals surface area contributed by atoms with E-state index in [0.717, 1.165) is 11.0 Å². The zero-order chi connectivity index (χ0) is 17.0. The first-order valence-electron chi connectivity index (χ1n) is 6.90. The lowest BCUT2D eigenvalue weighted by molar-refractivity contribution is -0.137. The van der Waals surface area contributed by atoms with Crippen molar-refractivity contribution in [2.75, 3.05) is 18.6 Å². The third kappa shape index (κ3) is 3.88. The Bertz CT molecular complexity index is 676. The van der Waals surface area contributed by atoms with Crippen LogP contribution in [0.25, 0.3) is 0 Å². The van der Waals surface area contributed by atoms with Gasteiger partial charge in [0, 0.05) is 13.2 Å². The highest BCUT2D eigenvalue weighted by Gasteiger charge is 2.37. The highest BCUT2D eigenvalue weighted by molar-refractivity contribution is 5.63. The van der Waals surface area contributed by atoms with E-state index < -0.39 is 23.4 Å². The second-order valence-corrected chi connectivity index (χ2v) is 4.75. The molecule has 1 aromatic heterocycles. The molecule has 2 aromatic rings. The average Bonchev–Trinajstić information content (AvgIpc) is 2.51. The molecule has 0 spiro atoms. The molecule has 0 amide bonds. The predicted molar refractivity (Wildman–Crippen MR) is 77.3 cm³/mol. The molecule has 0 fully saturated rings. The lowest BCUT2D eigenvalue weighted by atomic mass is 10.2. The van der Waals surface area contributed by atoms with E-state index in [1.165, 1.54) is 25.2 Å². The SMILES string of the molecule is CCCOc1ncc(C(F)(F)F)c(N(C)c2ccccc2F)n1. The summed E-state index contributed by atoms with van der Waals surface area (Å²) in [5.74, 6) is -1.12. The second-order valence-electron chi connectivity index (χ2n) is 4.75. The van der Waals surface area contributed by atoms with Crippen molar-refractivity contribution in [2.24, 2.45) is 0 Å². The van der Waals surface area contributed by atoms with Crippen LogP contribution in [0.2, 0.25) is 0 Å². The number of ether oxygens (including phenoxy) is 1. The summed E-state index contributed by atoms with van der Waals surface area (Å²) in [6.07, 6.45) is -3.37. The molecule has 0 aliphatic rings. The summed E-state index contributed by atoms with van der Waals surface area (Å²) in [6, 6.07) is 5.32. The number of halogens is 4. The first-order valence-corrected chi connectivity index (χ1v) is 6.90. The minimum absolute atomic E-state index is 0.0295. The summed E-state index contributed by atoms with van der Waals surface area (Å²) >= 11 is 0. The highest BCUT2D eigenvalue weighted by Crippen LogP contribution is 2.38. The largest absolute Gasteiger partial charge is 0.463 e. The van der Waals surface area contributed by atoms with Gasteiger partial charge >= 0.3 is 12.2 Å².